The summed E-state index contributed by atoms with van der Waals surface area (Å²) in [6.45, 7) is 4.14. The molecule has 0 aromatic heterocycles. The number of benzene rings is 2. The van der Waals surface area contributed by atoms with Gasteiger partial charge in [-0.1, -0.05) is 42.5 Å². The van der Waals surface area contributed by atoms with Gasteiger partial charge in [-0.3, -0.25) is 0 Å². The van der Waals surface area contributed by atoms with E-state index in [0.29, 0.717) is 6.42 Å². The Morgan fingerprint density at radius 1 is 1.14 bits per heavy atom. The van der Waals surface area contributed by atoms with Gasteiger partial charge in [0.15, 0.2) is 0 Å². The molecular formula is C18H22N2O2. The maximum absolute atomic E-state index is 11.9. The first kappa shape index (κ1) is 16.0. The van der Waals surface area contributed by atoms with E-state index in [9.17, 15) is 9.90 Å². The van der Waals surface area contributed by atoms with Crippen molar-refractivity contribution in [2.45, 2.75) is 26.4 Å². The first-order valence-electron chi connectivity index (χ1n) is 7.38. The van der Waals surface area contributed by atoms with Gasteiger partial charge in [-0.05, 0) is 36.6 Å². The van der Waals surface area contributed by atoms with Crippen LogP contribution in [-0.2, 0) is 6.42 Å². The van der Waals surface area contributed by atoms with Crippen molar-refractivity contribution in [3.63, 3.8) is 0 Å². The SMILES string of the molecule is Cc1ccc(C)c(NC(=O)NCC(O)Cc2ccccc2)c1. The molecule has 0 fully saturated rings. The van der Waals surface area contributed by atoms with Crippen molar-refractivity contribution in [2.75, 3.05) is 11.9 Å². The molecule has 0 aliphatic carbocycles. The topological polar surface area (TPSA) is 61.4 Å². The molecule has 0 heterocycles. The van der Waals surface area contributed by atoms with Crippen molar-refractivity contribution < 1.29 is 9.90 Å². The lowest BCUT2D eigenvalue weighted by Crippen LogP contribution is -2.36. The second-order valence-corrected chi connectivity index (χ2v) is 5.50. The molecule has 2 aromatic carbocycles. The van der Waals surface area contributed by atoms with Crippen molar-refractivity contribution in [1.29, 1.82) is 0 Å². The van der Waals surface area contributed by atoms with Crippen LogP contribution in [0.1, 0.15) is 16.7 Å². The van der Waals surface area contributed by atoms with Crippen LogP contribution in [0.2, 0.25) is 0 Å². The average molecular weight is 298 g/mol. The first-order chi connectivity index (χ1) is 10.5. The van der Waals surface area contributed by atoms with E-state index in [-0.39, 0.29) is 12.6 Å². The molecule has 0 bridgehead atoms. The second kappa shape index (κ2) is 7.61. The number of aryl methyl sites for hydroxylation is 2. The van der Waals surface area contributed by atoms with Crippen molar-refractivity contribution in [2.24, 2.45) is 0 Å². The molecule has 4 heteroatoms. The monoisotopic (exact) mass is 298 g/mol. The van der Waals surface area contributed by atoms with Crippen LogP contribution >= 0.6 is 0 Å². The predicted molar refractivity (Wildman–Crippen MR) is 89.1 cm³/mol. The number of hydrogen-bond donors (Lipinski definition) is 3. The fourth-order valence-electron chi connectivity index (χ4n) is 2.21. The third-order valence-corrected chi connectivity index (χ3v) is 3.45. The molecule has 0 aliphatic heterocycles. The number of carbonyl (C=O) groups excluding carboxylic acids is 1. The number of rotatable bonds is 5. The summed E-state index contributed by atoms with van der Waals surface area (Å²) < 4.78 is 0. The standard InChI is InChI=1S/C18H22N2O2/c1-13-8-9-14(2)17(10-13)20-18(22)19-12-16(21)11-15-6-4-3-5-7-15/h3-10,16,21H,11-12H2,1-2H3,(H2,19,20,22). The van der Waals surface area contributed by atoms with E-state index in [1.807, 2.05) is 62.4 Å². The highest BCUT2D eigenvalue weighted by atomic mass is 16.3. The number of aliphatic hydroxyl groups excluding tert-OH is 1. The third kappa shape index (κ3) is 4.90. The lowest BCUT2D eigenvalue weighted by molar-refractivity contribution is 0.172. The number of anilines is 1. The van der Waals surface area contributed by atoms with Gasteiger partial charge in [-0.2, -0.15) is 0 Å². The predicted octanol–water partition coefficient (Wildman–Crippen LogP) is 3.03. The fraction of sp³-hybridized carbons (Fsp3) is 0.278. The summed E-state index contributed by atoms with van der Waals surface area (Å²) in [5.74, 6) is 0. The van der Waals surface area contributed by atoms with Gasteiger partial charge in [-0.25, -0.2) is 4.79 Å². The molecule has 0 radical (unpaired) electrons. The Labute approximate surface area is 131 Å². The minimum atomic E-state index is -0.605. The molecule has 116 valence electrons. The van der Waals surface area contributed by atoms with Gasteiger partial charge in [-0.15, -0.1) is 0 Å². The van der Waals surface area contributed by atoms with Crippen LogP contribution in [0.4, 0.5) is 10.5 Å². The Morgan fingerprint density at radius 3 is 2.59 bits per heavy atom. The minimum Gasteiger partial charge on any atom is -0.391 e. The Hall–Kier alpha value is -2.33. The molecule has 2 aromatic rings. The van der Waals surface area contributed by atoms with E-state index in [0.717, 1.165) is 22.4 Å². The van der Waals surface area contributed by atoms with Gasteiger partial charge in [0.25, 0.3) is 0 Å². The van der Waals surface area contributed by atoms with Crippen molar-refractivity contribution in [3.05, 3.63) is 65.2 Å². The van der Waals surface area contributed by atoms with Crippen LogP contribution in [0.15, 0.2) is 48.5 Å². The van der Waals surface area contributed by atoms with E-state index in [2.05, 4.69) is 10.6 Å². The number of carbonyl (C=O) groups is 1. The van der Waals surface area contributed by atoms with E-state index in [1.54, 1.807) is 0 Å². The molecule has 0 aliphatic rings. The molecular weight excluding hydrogens is 276 g/mol. The van der Waals surface area contributed by atoms with Gasteiger partial charge in [0.1, 0.15) is 0 Å². The van der Waals surface area contributed by atoms with Gasteiger partial charge in [0.05, 0.1) is 6.10 Å². The highest BCUT2D eigenvalue weighted by Crippen LogP contribution is 2.15. The van der Waals surface area contributed by atoms with Gasteiger partial charge in [0.2, 0.25) is 0 Å². The zero-order valence-corrected chi connectivity index (χ0v) is 13.0. The van der Waals surface area contributed by atoms with E-state index in [4.69, 9.17) is 0 Å². The summed E-state index contributed by atoms with van der Waals surface area (Å²) in [5, 5.41) is 15.5. The summed E-state index contributed by atoms with van der Waals surface area (Å²) >= 11 is 0. The molecule has 1 atom stereocenters. The normalized spacial score (nSPS) is 11.8. The number of hydrogen-bond acceptors (Lipinski definition) is 2. The highest BCUT2D eigenvalue weighted by molar-refractivity contribution is 5.90. The van der Waals surface area contributed by atoms with Crippen LogP contribution in [0, 0.1) is 13.8 Å². The lowest BCUT2D eigenvalue weighted by atomic mass is 10.1. The summed E-state index contributed by atoms with van der Waals surface area (Å²) in [7, 11) is 0. The van der Waals surface area contributed by atoms with Crippen LogP contribution in [0.3, 0.4) is 0 Å². The molecule has 1 unspecified atom stereocenters. The van der Waals surface area contributed by atoms with E-state index in [1.165, 1.54) is 0 Å². The molecule has 3 N–H and O–H groups in total. The summed E-state index contributed by atoms with van der Waals surface area (Å²) in [6, 6.07) is 15.3. The largest absolute Gasteiger partial charge is 0.391 e. The second-order valence-electron chi connectivity index (χ2n) is 5.50. The van der Waals surface area contributed by atoms with Crippen LogP contribution < -0.4 is 10.6 Å². The van der Waals surface area contributed by atoms with Crippen molar-refractivity contribution >= 4 is 11.7 Å². The fourth-order valence-corrected chi connectivity index (χ4v) is 2.21. The van der Waals surface area contributed by atoms with Crippen LogP contribution in [0.25, 0.3) is 0 Å². The van der Waals surface area contributed by atoms with Crippen LogP contribution in [0.5, 0.6) is 0 Å². The maximum Gasteiger partial charge on any atom is 0.319 e. The smallest absolute Gasteiger partial charge is 0.319 e. The van der Waals surface area contributed by atoms with Gasteiger partial charge in [0, 0.05) is 18.7 Å². The minimum absolute atomic E-state index is 0.214. The Balaban J connectivity index is 1.81. The Bertz CT molecular complexity index is 626. The molecule has 22 heavy (non-hydrogen) atoms. The number of aliphatic hydroxyl groups is 1. The number of amides is 2. The zero-order chi connectivity index (χ0) is 15.9. The number of urea groups is 1. The first-order valence-corrected chi connectivity index (χ1v) is 7.38. The molecule has 2 amide bonds. The van der Waals surface area contributed by atoms with Gasteiger partial charge < -0.3 is 15.7 Å². The Kier molecular flexibility index (Phi) is 5.55. The lowest BCUT2D eigenvalue weighted by Gasteiger charge is -2.14. The summed E-state index contributed by atoms with van der Waals surface area (Å²) in [5.41, 5.74) is 3.93. The number of nitrogens with one attached hydrogen (secondary N) is 2. The Morgan fingerprint density at radius 2 is 1.86 bits per heavy atom. The van der Waals surface area contributed by atoms with E-state index < -0.39 is 6.10 Å². The molecule has 0 saturated carbocycles. The zero-order valence-electron chi connectivity index (χ0n) is 13.0. The average Bonchev–Trinajstić information content (AvgIpc) is 2.50. The molecule has 0 spiro atoms. The van der Waals surface area contributed by atoms with Gasteiger partial charge >= 0.3 is 6.03 Å². The third-order valence-electron chi connectivity index (χ3n) is 3.45. The molecule has 0 saturated heterocycles. The summed E-state index contributed by atoms with van der Waals surface area (Å²) in [6.07, 6.45) is -0.0864. The van der Waals surface area contributed by atoms with E-state index >= 15 is 0 Å². The maximum atomic E-state index is 11.9. The van der Waals surface area contributed by atoms with Crippen molar-refractivity contribution in [3.8, 4) is 0 Å². The molecule has 4 nitrogen and oxygen atoms in total. The quantitative estimate of drug-likeness (QED) is 0.794. The van der Waals surface area contributed by atoms with Crippen molar-refractivity contribution in [1.82, 2.24) is 5.32 Å². The summed E-state index contributed by atoms with van der Waals surface area (Å²) in [4.78, 5) is 11.9. The highest BCUT2D eigenvalue weighted by Gasteiger charge is 2.09. The molecule has 2 rings (SSSR count). The van der Waals surface area contributed by atoms with Crippen LogP contribution in [-0.4, -0.2) is 23.8 Å².